The van der Waals surface area contributed by atoms with Gasteiger partial charge in [0.05, 0.1) is 4.92 Å². The van der Waals surface area contributed by atoms with Crippen LogP contribution in [0.15, 0.2) is 12.3 Å². The number of nitro groups is 1. The predicted molar refractivity (Wildman–Crippen MR) is 72.3 cm³/mol. The second-order valence-corrected chi connectivity index (χ2v) is 5.03. The van der Waals surface area contributed by atoms with E-state index in [-0.39, 0.29) is 12.3 Å². The molecule has 0 unspecified atom stereocenters. The van der Waals surface area contributed by atoms with Crippen LogP contribution in [0, 0.1) is 23.0 Å². The summed E-state index contributed by atoms with van der Waals surface area (Å²) < 4.78 is 0. The average Bonchev–Trinajstić information content (AvgIpc) is 2.40. The number of hydrogen-bond donors (Lipinski definition) is 1. The van der Waals surface area contributed by atoms with Crippen molar-refractivity contribution in [1.29, 1.82) is 0 Å². The number of nitrogens with zero attached hydrogens (tertiary/aromatic N) is 3. The highest BCUT2D eigenvalue weighted by atomic mass is 16.6. The van der Waals surface area contributed by atoms with Crippen LogP contribution >= 0.6 is 0 Å². The summed E-state index contributed by atoms with van der Waals surface area (Å²) in [7, 11) is 0. The summed E-state index contributed by atoms with van der Waals surface area (Å²) in [4.78, 5) is 16.7. The quantitative estimate of drug-likeness (QED) is 0.664. The van der Waals surface area contributed by atoms with Crippen molar-refractivity contribution < 1.29 is 10.0 Å². The summed E-state index contributed by atoms with van der Waals surface area (Å²) >= 11 is 0. The lowest BCUT2D eigenvalue weighted by Crippen LogP contribution is -2.35. The molecule has 0 amide bonds. The van der Waals surface area contributed by atoms with Crippen LogP contribution in [0.4, 0.5) is 11.5 Å². The van der Waals surface area contributed by atoms with Crippen molar-refractivity contribution in [3.63, 3.8) is 0 Å². The van der Waals surface area contributed by atoms with Crippen molar-refractivity contribution in [2.24, 2.45) is 5.92 Å². The molecule has 104 valence electrons. The van der Waals surface area contributed by atoms with Gasteiger partial charge in [-0.25, -0.2) is 4.98 Å². The van der Waals surface area contributed by atoms with Crippen LogP contribution < -0.4 is 4.90 Å². The van der Waals surface area contributed by atoms with Crippen molar-refractivity contribution in [3.8, 4) is 0 Å². The van der Waals surface area contributed by atoms with Gasteiger partial charge >= 0.3 is 0 Å². The fourth-order valence-electron chi connectivity index (χ4n) is 2.60. The molecule has 1 aromatic rings. The highest BCUT2D eigenvalue weighted by molar-refractivity contribution is 5.50. The van der Waals surface area contributed by atoms with Gasteiger partial charge in [0.1, 0.15) is 12.0 Å². The fraction of sp³-hybridized carbons (Fsp3) is 0.615. The van der Waals surface area contributed by atoms with E-state index in [0.29, 0.717) is 5.92 Å². The minimum Gasteiger partial charge on any atom is -0.396 e. The zero-order chi connectivity index (χ0) is 13.8. The first kappa shape index (κ1) is 13.7. The smallest absolute Gasteiger partial charge is 0.287 e. The summed E-state index contributed by atoms with van der Waals surface area (Å²) in [6, 6.07) is 1.57. The van der Waals surface area contributed by atoms with E-state index in [0.717, 1.165) is 43.7 Å². The van der Waals surface area contributed by atoms with E-state index in [1.54, 1.807) is 6.07 Å². The van der Waals surface area contributed by atoms with Gasteiger partial charge < -0.3 is 10.0 Å². The Morgan fingerprint density at radius 2 is 2.21 bits per heavy atom. The first-order valence-corrected chi connectivity index (χ1v) is 6.58. The molecule has 0 saturated carbocycles. The van der Waals surface area contributed by atoms with Crippen LogP contribution in [0.1, 0.15) is 24.8 Å². The van der Waals surface area contributed by atoms with Crippen LogP contribution in [0.5, 0.6) is 0 Å². The molecule has 0 bridgehead atoms. The maximum absolute atomic E-state index is 10.7. The van der Waals surface area contributed by atoms with Crippen molar-refractivity contribution >= 4 is 11.5 Å². The molecule has 1 fully saturated rings. The molecule has 0 aromatic carbocycles. The van der Waals surface area contributed by atoms with E-state index < -0.39 is 4.92 Å². The third kappa shape index (κ3) is 3.20. The Morgan fingerprint density at radius 1 is 1.53 bits per heavy atom. The highest BCUT2D eigenvalue weighted by Crippen LogP contribution is 2.27. The molecule has 0 spiro atoms. The van der Waals surface area contributed by atoms with Gasteiger partial charge in [-0.15, -0.1) is 0 Å². The zero-order valence-corrected chi connectivity index (χ0v) is 11.1. The number of aliphatic hydroxyl groups is 1. The number of aryl methyl sites for hydroxylation is 1. The van der Waals surface area contributed by atoms with Gasteiger partial charge in [-0.05, 0) is 37.7 Å². The van der Waals surface area contributed by atoms with E-state index in [9.17, 15) is 10.1 Å². The number of anilines is 1. The summed E-state index contributed by atoms with van der Waals surface area (Å²) in [5, 5.41) is 19.6. The summed E-state index contributed by atoms with van der Waals surface area (Å²) in [6.45, 7) is 3.90. The first-order chi connectivity index (χ1) is 9.11. The molecule has 2 heterocycles. The minimum absolute atomic E-state index is 0.0383. The van der Waals surface area contributed by atoms with E-state index in [1.165, 1.54) is 6.20 Å². The molecular weight excluding hydrogens is 246 g/mol. The van der Waals surface area contributed by atoms with Gasteiger partial charge in [0, 0.05) is 25.8 Å². The van der Waals surface area contributed by atoms with E-state index in [2.05, 4.69) is 9.88 Å². The fourth-order valence-corrected chi connectivity index (χ4v) is 2.60. The Balaban J connectivity index is 2.05. The van der Waals surface area contributed by atoms with E-state index in [4.69, 9.17) is 5.11 Å². The average molecular weight is 265 g/mol. The van der Waals surface area contributed by atoms with Crippen molar-refractivity contribution in [2.45, 2.75) is 26.2 Å². The molecule has 0 aliphatic carbocycles. The largest absolute Gasteiger partial charge is 0.396 e. The topological polar surface area (TPSA) is 79.5 Å². The molecule has 0 radical (unpaired) electrons. The van der Waals surface area contributed by atoms with Gasteiger partial charge in [0.2, 0.25) is 0 Å². The molecular formula is C13H19N3O3. The standard InChI is InChI=1S/C13H19N3O3/c1-10-8-12(16(18)19)9-14-13(10)15-5-2-11(3-6-15)4-7-17/h8-9,11,17H,2-7H2,1H3. The second kappa shape index (κ2) is 5.97. The molecule has 2 rings (SSSR count). The maximum Gasteiger partial charge on any atom is 0.287 e. The Morgan fingerprint density at radius 3 is 2.74 bits per heavy atom. The third-order valence-corrected chi connectivity index (χ3v) is 3.70. The maximum atomic E-state index is 10.7. The Bertz CT molecular complexity index is 456. The van der Waals surface area contributed by atoms with Crippen LogP contribution in [0.2, 0.25) is 0 Å². The molecule has 0 atom stereocenters. The Kier molecular flexibility index (Phi) is 4.31. The van der Waals surface area contributed by atoms with Crippen LogP contribution in [0.3, 0.4) is 0 Å². The molecule has 1 N–H and O–H groups in total. The zero-order valence-electron chi connectivity index (χ0n) is 11.1. The highest BCUT2D eigenvalue weighted by Gasteiger charge is 2.21. The molecule has 1 saturated heterocycles. The Hall–Kier alpha value is -1.69. The lowest BCUT2D eigenvalue weighted by Gasteiger charge is -2.33. The normalized spacial score (nSPS) is 16.6. The van der Waals surface area contributed by atoms with Crippen molar-refractivity contribution in [3.05, 3.63) is 27.9 Å². The number of rotatable bonds is 4. The second-order valence-electron chi connectivity index (χ2n) is 5.03. The molecule has 1 aliphatic heterocycles. The van der Waals surface area contributed by atoms with Crippen molar-refractivity contribution in [2.75, 3.05) is 24.6 Å². The lowest BCUT2D eigenvalue weighted by molar-refractivity contribution is -0.385. The summed E-state index contributed by atoms with van der Waals surface area (Å²) in [5.74, 6) is 1.42. The van der Waals surface area contributed by atoms with Crippen molar-refractivity contribution in [1.82, 2.24) is 4.98 Å². The van der Waals surface area contributed by atoms with Gasteiger partial charge in [-0.2, -0.15) is 0 Å². The Labute approximate surface area is 112 Å². The summed E-state index contributed by atoms with van der Waals surface area (Å²) in [5.41, 5.74) is 0.881. The predicted octanol–water partition coefficient (Wildman–Crippen LogP) is 1.90. The first-order valence-electron chi connectivity index (χ1n) is 6.58. The number of piperidine rings is 1. The van der Waals surface area contributed by atoms with Crippen LogP contribution in [-0.4, -0.2) is 34.7 Å². The molecule has 19 heavy (non-hydrogen) atoms. The van der Waals surface area contributed by atoms with Gasteiger partial charge in [-0.1, -0.05) is 0 Å². The van der Waals surface area contributed by atoms with Gasteiger partial charge in [0.15, 0.2) is 0 Å². The van der Waals surface area contributed by atoms with Gasteiger partial charge in [-0.3, -0.25) is 10.1 Å². The van der Waals surface area contributed by atoms with Crippen LogP contribution in [0.25, 0.3) is 0 Å². The van der Waals surface area contributed by atoms with E-state index >= 15 is 0 Å². The lowest BCUT2D eigenvalue weighted by atomic mass is 9.94. The minimum atomic E-state index is -0.419. The van der Waals surface area contributed by atoms with E-state index in [1.807, 2.05) is 6.92 Å². The molecule has 1 aliphatic rings. The number of aromatic nitrogens is 1. The summed E-state index contributed by atoms with van der Waals surface area (Å²) in [6.07, 6.45) is 4.26. The molecule has 6 heteroatoms. The number of pyridine rings is 1. The molecule has 1 aromatic heterocycles. The number of aliphatic hydroxyl groups excluding tert-OH is 1. The SMILES string of the molecule is Cc1cc([N+](=O)[O-])cnc1N1CCC(CCO)CC1. The molecule has 6 nitrogen and oxygen atoms in total. The third-order valence-electron chi connectivity index (χ3n) is 3.70. The van der Waals surface area contributed by atoms with Crippen LogP contribution in [-0.2, 0) is 0 Å². The number of hydrogen-bond acceptors (Lipinski definition) is 5. The monoisotopic (exact) mass is 265 g/mol. The van der Waals surface area contributed by atoms with Gasteiger partial charge in [0.25, 0.3) is 5.69 Å².